The number of aromatic nitrogens is 1. The fourth-order valence-corrected chi connectivity index (χ4v) is 1.78. The van der Waals surface area contributed by atoms with Gasteiger partial charge in [0.2, 0.25) is 5.88 Å². The smallest absolute Gasteiger partial charge is 0.388 e. The minimum absolute atomic E-state index is 0.373. The van der Waals surface area contributed by atoms with Gasteiger partial charge in [0.05, 0.1) is 10.5 Å². The lowest BCUT2D eigenvalue weighted by atomic mass is 10.2. The molecule has 0 aliphatic carbocycles. The highest BCUT2D eigenvalue weighted by atomic mass is 127. The topological polar surface area (TPSA) is 65.3 Å². The van der Waals surface area contributed by atoms with E-state index in [1.54, 1.807) is 0 Å². The zero-order valence-corrected chi connectivity index (χ0v) is 9.95. The third-order valence-electron chi connectivity index (χ3n) is 1.55. The van der Waals surface area contributed by atoms with E-state index in [1.807, 2.05) is 0 Å². The SMILES string of the molecule is O=[N+]([O-])c1c(CF)cc(OC(F)(F)F)nc1I. The molecule has 10 heteroatoms. The highest BCUT2D eigenvalue weighted by Crippen LogP contribution is 2.30. The summed E-state index contributed by atoms with van der Waals surface area (Å²) in [7, 11) is 0. The summed E-state index contributed by atoms with van der Waals surface area (Å²) in [6.45, 7) is -1.29. The summed E-state index contributed by atoms with van der Waals surface area (Å²) < 4.78 is 51.2. The summed E-state index contributed by atoms with van der Waals surface area (Å²) in [5, 5.41) is 10.5. The molecule has 1 aromatic rings. The van der Waals surface area contributed by atoms with Gasteiger partial charge in [-0.1, -0.05) is 0 Å². The van der Waals surface area contributed by atoms with Crippen molar-refractivity contribution in [3.8, 4) is 5.88 Å². The van der Waals surface area contributed by atoms with Gasteiger partial charge in [-0.3, -0.25) is 10.1 Å². The van der Waals surface area contributed by atoms with E-state index in [9.17, 15) is 27.7 Å². The van der Waals surface area contributed by atoms with E-state index < -0.39 is 35.1 Å². The number of alkyl halides is 4. The Labute approximate surface area is 105 Å². The third kappa shape index (κ3) is 3.64. The first-order valence-electron chi connectivity index (χ1n) is 3.90. The van der Waals surface area contributed by atoms with Gasteiger partial charge in [0.15, 0.2) is 3.70 Å². The molecule has 17 heavy (non-hydrogen) atoms. The molecule has 0 aliphatic heterocycles. The molecule has 5 nitrogen and oxygen atoms in total. The predicted molar refractivity (Wildman–Crippen MR) is 55.1 cm³/mol. The highest BCUT2D eigenvalue weighted by molar-refractivity contribution is 14.1. The maximum Gasteiger partial charge on any atom is 0.574 e. The van der Waals surface area contributed by atoms with Gasteiger partial charge in [-0.2, -0.15) is 4.98 Å². The van der Waals surface area contributed by atoms with Crippen LogP contribution in [0.15, 0.2) is 6.07 Å². The molecule has 1 heterocycles. The molecule has 0 atom stereocenters. The van der Waals surface area contributed by atoms with Crippen molar-refractivity contribution in [1.29, 1.82) is 0 Å². The van der Waals surface area contributed by atoms with Crippen molar-refractivity contribution in [2.45, 2.75) is 13.0 Å². The van der Waals surface area contributed by atoms with Crippen LogP contribution in [0.5, 0.6) is 5.88 Å². The van der Waals surface area contributed by atoms with Crippen LogP contribution in [0.1, 0.15) is 5.56 Å². The van der Waals surface area contributed by atoms with Crippen molar-refractivity contribution in [2.24, 2.45) is 0 Å². The molecular formula is C7H3F4IN2O3. The third-order valence-corrected chi connectivity index (χ3v) is 2.30. The largest absolute Gasteiger partial charge is 0.574 e. The van der Waals surface area contributed by atoms with Gasteiger partial charge >= 0.3 is 12.0 Å². The average Bonchev–Trinajstić information content (AvgIpc) is 2.12. The molecule has 0 bridgehead atoms. The number of hydrogen-bond donors (Lipinski definition) is 0. The van der Waals surface area contributed by atoms with E-state index in [2.05, 4.69) is 9.72 Å². The van der Waals surface area contributed by atoms with Gasteiger partial charge < -0.3 is 4.74 Å². The highest BCUT2D eigenvalue weighted by Gasteiger charge is 2.33. The number of nitro groups is 1. The van der Waals surface area contributed by atoms with Gasteiger partial charge in [0.1, 0.15) is 6.67 Å². The maximum absolute atomic E-state index is 12.5. The quantitative estimate of drug-likeness (QED) is 0.271. The van der Waals surface area contributed by atoms with Crippen LogP contribution in [0.2, 0.25) is 0 Å². The molecule has 0 aliphatic rings. The van der Waals surface area contributed by atoms with E-state index in [0.29, 0.717) is 6.07 Å². The molecule has 0 saturated carbocycles. The van der Waals surface area contributed by atoms with Crippen molar-refractivity contribution in [2.75, 3.05) is 0 Å². The van der Waals surface area contributed by atoms with Crippen molar-refractivity contribution < 1.29 is 27.2 Å². The van der Waals surface area contributed by atoms with E-state index in [1.165, 1.54) is 22.6 Å². The van der Waals surface area contributed by atoms with Crippen LogP contribution >= 0.6 is 22.6 Å². The van der Waals surface area contributed by atoms with E-state index in [4.69, 9.17) is 0 Å². The molecule has 0 unspecified atom stereocenters. The Morgan fingerprint density at radius 2 is 2.12 bits per heavy atom. The Morgan fingerprint density at radius 1 is 1.53 bits per heavy atom. The summed E-state index contributed by atoms with van der Waals surface area (Å²) >= 11 is 1.33. The molecule has 0 N–H and O–H groups in total. The molecule has 1 aromatic heterocycles. The number of nitrogens with zero attached hydrogens (tertiary/aromatic N) is 2. The van der Waals surface area contributed by atoms with Crippen LogP contribution in [0, 0.1) is 13.8 Å². The van der Waals surface area contributed by atoms with Crippen molar-refractivity contribution in [3.63, 3.8) is 0 Å². The molecule has 94 valence electrons. The molecule has 0 saturated heterocycles. The lowest BCUT2D eigenvalue weighted by molar-refractivity contribution is -0.387. The summed E-state index contributed by atoms with van der Waals surface area (Å²) in [5.41, 5.74) is -1.18. The lowest BCUT2D eigenvalue weighted by Crippen LogP contribution is -2.18. The molecule has 0 spiro atoms. The number of hydrogen-bond acceptors (Lipinski definition) is 4. The second kappa shape index (κ2) is 4.98. The summed E-state index contributed by atoms with van der Waals surface area (Å²) in [5.74, 6) is -0.930. The zero-order valence-electron chi connectivity index (χ0n) is 7.79. The molecular weight excluding hydrogens is 363 g/mol. The second-order valence-electron chi connectivity index (χ2n) is 2.70. The molecule has 1 rings (SSSR count). The van der Waals surface area contributed by atoms with E-state index in [-0.39, 0.29) is 3.70 Å². The summed E-state index contributed by atoms with van der Waals surface area (Å²) in [4.78, 5) is 12.8. The van der Waals surface area contributed by atoms with Gasteiger partial charge in [-0.15, -0.1) is 13.2 Å². The van der Waals surface area contributed by atoms with E-state index >= 15 is 0 Å². The first-order valence-corrected chi connectivity index (χ1v) is 4.98. The van der Waals surface area contributed by atoms with Gasteiger partial charge in [-0.05, 0) is 22.6 Å². The Balaban J connectivity index is 3.23. The van der Waals surface area contributed by atoms with Crippen molar-refractivity contribution >= 4 is 28.3 Å². The van der Waals surface area contributed by atoms with Crippen LogP contribution in [-0.2, 0) is 6.67 Å². The lowest BCUT2D eigenvalue weighted by Gasteiger charge is -2.09. The Bertz CT molecular complexity index is 451. The first-order chi connectivity index (χ1) is 7.74. The summed E-state index contributed by atoms with van der Waals surface area (Å²) in [6.07, 6.45) is -4.99. The number of ether oxygens (including phenoxy) is 1. The van der Waals surface area contributed by atoms with Gasteiger partial charge in [-0.25, -0.2) is 4.39 Å². The first kappa shape index (κ1) is 13.9. The van der Waals surface area contributed by atoms with Crippen LogP contribution in [0.3, 0.4) is 0 Å². The van der Waals surface area contributed by atoms with Crippen molar-refractivity contribution in [1.82, 2.24) is 4.98 Å². The normalized spacial score (nSPS) is 11.4. The fourth-order valence-electron chi connectivity index (χ4n) is 0.997. The monoisotopic (exact) mass is 366 g/mol. The zero-order chi connectivity index (χ0) is 13.2. The van der Waals surface area contributed by atoms with Crippen LogP contribution in [-0.4, -0.2) is 16.3 Å². The maximum atomic E-state index is 12.5. The van der Waals surface area contributed by atoms with Crippen LogP contribution in [0.4, 0.5) is 23.2 Å². The average molecular weight is 366 g/mol. The van der Waals surface area contributed by atoms with Gasteiger partial charge in [0.25, 0.3) is 0 Å². The number of halogens is 5. The van der Waals surface area contributed by atoms with Crippen LogP contribution in [0.25, 0.3) is 0 Å². The van der Waals surface area contributed by atoms with Gasteiger partial charge in [0, 0.05) is 6.07 Å². The minimum Gasteiger partial charge on any atom is -0.388 e. The second-order valence-corrected chi connectivity index (χ2v) is 3.72. The predicted octanol–water partition coefficient (Wildman–Crippen LogP) is 2.96. The molecule has 0 aromatic carbocycles. The van der Waals surface area contributed by atoms with Crippen molar-refractivity contribution in [3.05, 3.63) is 25.4 Å². The molecule has 0 amide bonds. The Morgan fingerprint density at radius 3 is 2.53 bits per heavy atom. The fraction of sp³-hybridized carbons (Fsp3) is 0.286. The standard InChI is InChI=1S/C7H3F4IN2O3/c8-2-3-1-4(17-7(9,10)11)13-6(12)5(3)14(15)16/h1H,2H2. The van der Waals surface area contributed by atoms with Crippen LogP contribution < -0.4 is 4.74 Å². The molecule has 0 radical (unpaired) electrons. The molecule has 0 fully saturated rings. The number of pyridine rings is 1. The summed E-state index contributed by atoms with van der Waals surface area (Å²) in [6, 6.07) is 0.549. The van der Waals surface area contributed by atoms with E-state index in [0.717, 1.165) is 0 Å². The number of rotatable bonds is 3. The Hall–Kier alpha value is -1.20. The minimum atomic E-state index is -4.99. The Kier molecular flexibility index (Phi) is 4.06.